The molecule has 0 unspecified atom stereocenters. The first kappa shape index (κ1) is 20.0. The van der Waals surface area contributed by atoms with Gasteiger partial charge >= 0.3 is 29.6 Å². The van der Waals surface area contributed by atoms with Crippen molar-refractivity contribution in [3.8, 4) is 5.75 Å². The third-order valence-electron chi connectivity index (χ3n) is 2.92. The summed E-state index contributed by atoms with van der Waals surface area (Å²) in [6.45, 7) is -0.305. The number of carboxylic acid groups (broad SMARTS) is 1. The minimum atomic E-state index is -1.20. The number of nitrogens with zero attached hydrogens (tertiary/aromatic N) is 3. The SMILES string of the molecule is COc1ccc(Nc2ccc(N=NN(C)CC(=O)[O-])cc2)cc1.[Na+]. The molecule has 7 nitrogen and oxygen atoms in total. The fraction of sp³-hybridized carbons (Fsp3) is 0.188. The first-order valence-electron chi connectivity index (χ1n) is 6.90. The van der Waals surface area contributed by atoms with E-state index in [1.807, 2.05) is 36.4 Å². The molecular weight excluding hydrogens is 319 g/mol. The number of carbonyl (C=O) groups is 1. The fourth-order valence-corrected chi connectivity index (χ4v) is 1.80. The van der Waals surface area contributed by atoms with E-state index in [0.717, 1.165) is 17.1 Å². The van der Waals surface area contributed by atoms with Crippen LogP contribution in [0.3, 0.4) is 0 Å². The molecule has 24 heavy (non-hydrogen) atoms. The fourth-order valence-electron chi connectivity index (χ4n) is 1.80. The molecule has 0 spiro atoms. The van der Waals surface area contributed by atoms with Crippen LogP contribution < -0.4 is 44.7 Å². The van der Waals surface area contributed by atoms with Crippen LogP contribution in [0, 0.1) is 0 Å². The zero-order valence-corrected chi connectivity index (χ0v) is 15.9. The Labute approximate surface area is 162 Å². The van der Waals surface area contributed by atoms with Crippen molar-refractivity contribution in [2.24, 2.45) is 10.3 Å². The molecule has 0 saturated carbocycles. The number of likely N-dealkylation sites (N-methyl/N-ethyl adjacent to an activating group) is 1. The summed E-state index contributed by atoms with van der Waals surface area (Å²) < 4.78 is 5.11. The summed E-state index contributed by atoms with van der Waals surface area (Å²) in [6, 6.07) is 14.9. The largest absolute Gasteiger partial charge is 1.00 e. The summed E-state index contributed by atoms with van der Waals surface area (Å²) in [7, 11) is 3.14. The van der Waals surface area contributed by atoms with Crippen LogP contribution in [0.5, 0.6) is 5.75 Å². The standard InChI is InChI=1S/C16H18N4O3.Na/c1-20(11-16(21)22)19-18-14-5-3-12(4-6-14)17-13-7-9-15(23-2)10-8-13;/h3-10,17H,11H2,1-2H3,(H,21,22);/q;+1/p-1. The van der Waals surface area contributed by atoms with Crippen LogP contribution in [-0.4, -0.2) is 31.7 Å². The Balaban J connectivity index is 0.00000288. The first-order valence-corrected chi connectivity index (χ1v) is 6.90. The summed E-state index contributed by atoms with van der Waals surface area (Å²) in [5.74, 6) is -0.405. The van der Waals surface area contributed by atoms with Crippen LogP contribution in [0.4, 0.5) is 17.1 Å². The molecule has 0 aliphatic heterocycles. The molecule has 2 aromatic carbocycles. The minimum Gasteiger partial charge on any atom is -0.548 e. The Bertz CT molecular complexity index is 675. The molecule has 8 heteroatoms. The predicted octanol–water partition coefficient (Wildman–Crippen LogP) is -0.877. The monoisotopic (exact) mass is 336 g/mol. The van der Waals surface area contributed by atoms with E-state index in [4.69, 9.17) is 4.74 Å². The summed E-state index contributed by atoms with van der Waals surface area (Å²) in [5, 5.41) is 22.6. The minimum absolute atomic E-state index is 0. The van der Waals surface area contributed by atoms with Crippen LogP contribution in [0.15, 0.2) is 58.9 Å². The summed E-state index contributed by atoms with van der Waals surface area (Å²) >= 11 is 0. The van der Waals surface area contributed by atoms with Gasteiger partial charge in [0.15, 0.2) is 0 Å². The molecule has 2 aromatic rings. The predicted molar refractivity (Wildman–Crippen MR) is 84.9 cm³/mol. The molecule has 0 aromatic heterocycles. The van der Waals surface area contributed by atoms with Crippen LogP contribution in [0.25, 0.3) is 0 Å². The van der Waals surface area contributed by atoms with Crippen molar-refractivity contribution in [1.29, 1.82) is 0 Å². The van der Waals surface area contributed by atoms with Gasteiger partial charge in [-0.15, -0.1) is 5.11 Å². The second-order valence-corrected chi connectivity index (χ2v) is 4.78. The molecule has 0 fully saturated rings. The molecule has 0 amide bonds. The van der Waals surface area contributed by atoms with Crippen molar-refractivity contribution in [1.82, 2.24) is 5.01 Å². The first-order chi connectivity index (χ1) is 11.1. The number of anilines is 2. The van der Waals surface area contributed by atoms with Gasteiger partial charge in [0.1, 0.15) is 5.75 Å². The molecule has 1 N–H and O–H groups in total. The number of aliphatic carboxylic acids is 1. The van der Waals surface area contributed by atoms with Crippen molar-refractivity contribution in [2.45, 2.75) is 0 Å². The van der Waals surface area contributed by atoms with Crippen molar-refractivity contribution >= 4 is 23.0 Å². The van der Waals surface area contributed by atoms with Gasteiger partial charge in [-0.25, -0.2) is 0 Å². The van der Waals surface area contributed by atoms with E-state index in [-0.39, 0.29) is 36.1 Å². The number of carbonyl (C=O) groups excluding carboxylic acids is 1. The zero-order chi connectivity index (χ0) is 16.7. The van der Waals surface area contributed by atoms with Crippen LogP contribution in [-0.2, 0) is 4.79 Å². The normalized spacial score (nSPS) is 10.1. The molecule has 0 aliphatic rings. The van der Waals surface area contributed by atoms with Gasteiger partial charge < -0.3 is 20.0 Å². The van der Waals surface area contributed by atoms with E-state index in [1.54, 1.807) is 19.2 Å². The Morgan fingerprint density at radius 1 is 1.12 bits per heavy atom. The Kier molecular flexibility index (Phi) is 8.25. The number of hydrogen-bond donors (Lipinski definition) is 1. The Morgan fingerprint density at radius 2 is 1.67 bits per heavy atom. The van der Waals surface area contributed by atoms with E-state index in [9.17, 15) is 9.90 Å². The van der Waals surface area contributed by atoms with E-state index in [2.05, 4.69) is 15.7 Å². The van der Waals surface area contributed by atoms with Crippen molar-refractivity contribution in [3.63, 3.8) is 0 Å². The smallest absolute Gasteiger partial charge is 0.548 e. The topological polar surface area (TPSA) is 89.3 Å². The molecule has 0 aliphatic carbocycles. The number of benzene rings is 2. The van der Waals surface area contributed by atoms with Gasteiger partial charge in [-0.1, -0.05) is 5.22 Å². The zero-order valence-electron chi connectivity index (χ0n) is 13.9. The quantitative estimate of drug-likeness (QED) is 0.403. The molecule has 0 radical (unpaired) electrons. The van der Waals surface area contributed by atoms with E-state index < -0.39 is 5.97 Å². The Morgan fingerprint density at radius 3 is 2.17 bits per heavy atom. The summed E-state index contributed by atoms with van der Waals surface area (Å²) in [4.78, 5) is 10.4. The average molecular weight is 336 g/mol. The number of hydrogen-bond acceptors (Lipinski definition) is 6. The van der Waals surface area contributed by atoms with Gasteiger partial charge in [0.2, 0.25) is 0 Å². The van der Waals surface area contributed by atoms with E-state index >= 15 is 0 Å². The van der Waals surface area contributed by atoms with Crippen molar-refractivity contribution < 1.29 is 44.2 Å². The third kappa shape index (κ3) is 6.57. The van der Waals surface area contributed by atoms with Crippen molar-refractivity contribution in [3.05, 3.63) is 48.5 Å². The van der Waals surface area contributed by atoms with Gasteiger partial charge in [0.25, 0.3) is 0 Å². The van der Waals surface area contributed by atoms with E-state index in [0.29, 0.717) is 5.69 Å². The Hall–Kier alpha value is -2.09. The molecule has 0 bridgehead atoms. The van der Waals surface area contributed by atoms with Gasteiger partial charge in [0.05, 0.1) is 25.3 Å². The van der Waals surface area contributed by atoms with Crippen molar-refractivity contribution in [2.75, 3.05) is 26.0 Å². The van der Waals surface area contributed by atoms with Crippen LogP contribution in [0.1, 0.15) is 0 Å². The molecule has 2 rings (SSSR count). The van der Waals surface area contributed by atoms with Gasteiger partial charge in [-0.3, -0.25) is 5.01 Å². The van der Waals surface area contributed by atoms with Crippen LogP contribution >= 0.6 is 0 Å². The number of carboxylic acids is 1. The summed E-state index contributed by atoms with van der Waals surface area (Å²) in [5.41, 5.74) is 2.46. The average Bonchev–Trinajstić information content (AvgIpc) is 2.54. The number of rotatable bonds is 7. The molecule has 120 valence electrons. The maximum absolute atomic E-state index is 10.4. The number of nitrogens with one attached hydrogen (secondary N) is 1. The molecular formula is C16H17N4NaO3. The second-order valence-electron chi connectivity index (χ2n) is 4.78. The summed E-state index contributed by atoms with van der Waals surface area (Å²) in [6.07, 6.45) is 0. The van der Waals surface area contributed by atoms with Gasteiger partial charge in [0, 0.05) is 18.4 Å². The second kappa shape index (κ2) is 9.92. The third-order valence-corrected chi connectivity index (χ3v) is 2.92. The molecule has 0 heterocycles. The van der Waals surface area contributed by atoms with Gasteiger partial charge in [-0.05, 0) is 48.5 Å². The molecule has 0 saturated heterocycles. The van der Waals surface area contributed by atoms with Crippen LogP contribution in [0.2, 0.25) is 0 Å². The number of methoxy groups -OCH3 is 1. The maximum atomic E-state index is 10.4. The number of ether oxygens (including phenoxy) is 1. The van der Waals surface area contributed by atoms with E-state index in [1.165, 1.54) is 12.1 Å². The molecule has 0 atom stereocenters. The van der Waals surface area contributed by atoms with Gasteiger partial charge in [-0.2, -0.15) is 0 Å². The maximum Gasteiger partial charge on any atom is 1.00 e.